The summed E-state index contributed by atoms with van der Waals surface area (Å²) >= 11 is 0. The zero-order valence-electron chi connectivity index (χ0n) is 6.58. The van der Waals surface area contributed by atoms with Crippen molar-refractivity contribution in [2.24, 2.45) is 11.5 Å². The second-order valence-electron chi connectivity index (χ2n) is 1.99. The molecule has 0 aromatic heterocycles. The van der Waals surface area contributed by atoms with Crippen molar-refractivity contribution in [1.29, 1.82) is 0 Å². The highest BCUT2D eigenvalue weighted by atomic mass is 16.5. The quantitative estimate of drug-likeness (QED) is 0.214. The Hall–Kier alpha value is -0.585. The number of methoxy groups -OCH3 is 1. The van der Waals surface area contributed by atoms with E-state index in [4.69, 9.17) is 16.1 Å². The van der Waals surface area contributed by atoms with Gasteiger partial charge in [0, 0.05) is 0 Å². The summed E-state index contributed by atoms with van der Waals surface area (Å²) in [4.78, 5) is 10.7. The fourth-order valence-corrected chi connectivity index (χ4v) is 0.563. The Labute approximate surface area is 66.3 Å². The first-order valence-corrected chi connectivity index (χ1v) is 3.33. The zero-order chi connectivity index (χ0) is 8.69. The number of hydrogen-bond acceptors (Lipinski definition) is 5. The largest absolute Gasteiger partial charge is 0.468 e. The highest BCUT2D eigenvalue weighted by Gasteiger charge is 2.13. The van der Waals surface area contributed by atoms with E-state index in [0.717, 1.165) is 0 Å². The summed E-state index contributed by atoms with van der Waals surface area (Å²) in [5.41, 5.74) is 10.4. The molecule has 0 saturated heterocycles. The summed E-state index contributed by atoms with van der Waals surface area (Å²) in [6.07, 6.45) is 0.434. The Kier molecular flexibility index (Phi) is 5.82. The average Bonchev–Trinajstić information content (AvgIpc) is 2.03. The summed E-state index contributed by atoms with van der Waals surface area (Å²) in [5.74, 6) is -0.425. The van der Waals surface area contributed by atoms with Crippen molar-refractivity contribution in [1.82, 2.24) is 0 Å². The summed E-state index contributed by atoms with van der Waals surface area (Å²) in [6.45, 7) is 0.147. The van der Waals surface area contributed by atoms with Crippen LogP contribution in [0.5, 0.6) is 0 Å². The lowest BCUT2D eigenvalue weighted by molar-refractivity contribution is -0.141. The van der Waals surface area contributed by atoms with E-state index in [1.54, 1.807) is 0 Å². The maximum atomic E-state index is 10.7. The Morgan fingerprint density at radius 2 is 2.36 bits per heavy atom. The lowest BCUT2D eigenvalue weighted by Crippen LogP contribution is -2.33. The SMILES string of the molecule is COC(=O)C(N)CBOCN. The van der Waals surface area contributed by atoms with Crippen molar-refractivity contribution >= 4 is 13.5 Å². The second-order valence-corrected chi connectivity index (χ2v) is 1.99. The monoisotopic (exact) mass is 160 g/mol. The van der Waals surface area contributed by atoms with Gasteiger partial charge in [0.2, 0.25) is 0 Å². The first kappa shape index (κ1) is 10.4. The molecule has 0 bridgehead atoms. The third kappa shape index (κ3) is 4.77. The molecule has 0 amide bonds. The molecule has 0 spiro atoms. The molecule has 11 heavy (non-hydrogen) atoms. The van der Waals surface area contributed by atoms with Crippen LogP contribution in [-0.4, -0.2) is 33.3 Å². The Balaban J connectivity index is 3.36. The number of nitrogens with two attached hydrogens (primary N) is 2. The van der Waals surface area contributed by atoms with Crippen LogP contribution in [0.3, 0.4) is 0 Å². The Bertz CT molecular complexity index is 122. The number of carbonyl (C=O) groups excluding carboxylic acids is 1. The number of hydrogen-bond donors (Lipinski definition) is 2. The van der Waals surface area contributed by atoms with Crippen molar-refractivity contribution < 1.29 is 14.2 Å². The molecular formula is C5H13BN2O3. The molecular weight excluding hydrogens is 147 g/mol. The Morgan fingerprint density at radius 3 is 2.82 bits per heavy atom. The van der Waals surface area contributed by atoms with Gasteiger partial charge in [-0.15, -0.1) is 0 Å². The summed E-state index contributed by atoms with van der Waals surface area (Å²) in [5, 5.41) is 0. The molecule has 0 aromatic rings. The zero-order valence-corrected chi connectivity index (χ0v) is 6.58. The van der Waals surface area contributed by atoms with Crippen LogP contribution < -0.4 is 11.5 Å². The van der Waals surface area contributed by atoms with Crippen molar-refractivity contribution in [2.45, 2.75) is 12.4 Å². The van der Waals surface area contributed by atoms with Gasteiger partial charge in [-0.25, -0.2) is 0 Å². The number of esters is 1. The van der Waals surface area contributed by atoms with Crippen LogP contribution in [0, 0.1) is 0 Å². The molecule has 1 atom stereocenters. The minimum absolute atomic E-state index is 0.147. The minimum atomic E-state index is -0.605. The molecule has 0 aliphatic carbocycles. The number of rotatable bonds is 5. The molecule has 0 rings (SSSR count). The average molecular weight is 160 g/mol. The van der Waals surface area contributed by atoms with E-state index in [1.807, 2.05) is 0 Å². The van der Waals surface area contributed by atoms with Crippen molar-refractivity contribution in [2.75, 3.05) is 13.8 Å². The van der Waals surface area contributed by atoms with Gasteiger partial charge in [0.25, 0.3) is 7.48 Å². The molecule has 4 N–H and O–H groups in total. The highest BCUT2D eigenvalue weighted by Crippen LogP contribution is 1.90. The molecule has 0 heterocycles. The summed E-state index contributed by atoms with van der Waals surface area (Å²) in [7, 11) is 1.68. The fraction of sp³-hybridized carbons (Fsp3) is 0.800. The molecule has 0 aromatic carbocycles. The molecule has 0 aliphatic heterocycles. The maximum Gasteiger partial charge on any atom is 0.321 e. The van der Waals surface area contributed by atoms with Crippen LogP contribution in [0.4, 0.5) is 0 Å². The van der Waals surface area contributed by atoms with E-state index in [-0.39, 0.29) is 6.73 Å². The van der Waals surface area contributed by atoms with Crippen LogP contribution in [0.1, 0.15) is 0 Å². The van der Waals surface area contributed by atoms with E-state index in [2.05, 4.69) is 4.74 Å². The topological polar surface area (TPSA) is 87.6 Å². The van der Waals surface area contributed by atoms with Crippen molar-refractivity contribution in [3.05, 3.63) is 0 Å². The third-order valence-corrected chi connectivity index (χ3v) is 1.19. The van der Waals surface area contributed by atoms with Gasteiger partial charge >= 0.3 is 5.97 Å². The lowest BCUT2D eigenvalue weighted by Gasteiger charge is -2.06. The first-order chi connectivity index (χ1) is 5.22. The van der Waals surface area contributed by atoms with Crippen LogP contribution in [0.2, 0.25) is 6.32 Å². The lowest BCUT2D eigenvalue weighted by atomic mass is 9.90. The predicted octanol–water partition coefficient (Wildman–Crippen LogP) is -1.81. The van der Waals surface area contributed by atoms with Gasteiger partial charge in [-0.1, -0.05) is 0 Å². The Morgan fingerprint density at radius 1 is 1.73 bits per heavy atom. The van der Waals surface area contributed by atoms with Crippen LogP contribution in [0.25, 0.3) is 0 Å². The highest BCUT2D eigenvalue weighted by molar-refractivity contribution is 6.28. The first-order valence-electron chi connectivity index (χ1n) is 3.33. The second kappa shape index (κ2) is 6.15. The van der Waals surface area contributed by atoms with Crippen molar-refractivity contribution in [3.8, 4) is 0 Å². The number of ether oxygens (including phenoxy) is 1. The normalized spacial score (nSPS) is 12.3. The molecule has 0 radical (unpaired) electrons. The van der Waals surface area contributed by atoms with Gasteiger partial charge in [0.15, 0.2) is 0 Å². The van der Waals surface area contributed by atoms with E-state index < -0.39 is 12.0 Å². The summed E-state index contributed by atoms with van der Waals surface area (Å²) < 4.78 is 9.18. The van der Waals surface area contributed by atoms with E-state index in [1.165, 1.54) is 7.11 Å². The minimum Gasteiger partial charge on any atom is -0.468 e. The molecule has 0 saturated carbocycles. The molecule has 5 nitrogen and oxygen atoms in total. The fourth-order valence-electron chi connectivity index (χ4n) is 0.563. The van der Waals surface area contributed by atoms with Gasteiger partial charge in [0.05, 0.1) is 19.9 Å². The van der Waals surface area contributed by atoms with E-state index in [0.29, 0.717) is 13.8 Å². The molecule has 0 aliphatic rings. The van der Waals surface area contributed by atoms with Crippen LogP contribution in [0.15, 0.2) is 0 Å². The summed E-state index contributed by atoms with van der Waals surface area (Å²) in [6, 6.07) is -0.605. The van der Waals surface area contributed by atoms with E-state index in [9.17, 15) is 4.79 Å². The smallest absolute Gasteiger partial charge is 0.321 e. The molecule has 1 unspecified atom stereocenters. The van der Waals surface area contributed by atoms with E-state index >= 15 is 0 Å². The van der Waals surface area contributed by atoms with Gasteiger partial charge in [-0.05, 0) is 6.32 Å². The van der Waals surface area contributed by atoms with Crippen LogP contribution in [-0.2, 0) is 14.2 Å². The van der Waals surface area contributed by atoms with Gasteiger partial charge in [0.1, 0.15) is 0 Å². The number of carbonyl (C=O) groups is 1. The van der Waals surface area contributed by atoms with Crippen molar-refractivity contribution in [3.63, 3.8) is 0 Å². The standard InChI is InChI=1S/C5H13BN2O3/c1-10-5(9)4(8)2-6-11-3-7/h4,6H,2-3,7-8H2,1H3. The molecule has 64 valence electrons. The molecule has 0 fully saturated rings. The van der Waals surface area contributed by atoms with Crippen LogP contribution >= 0.6 is 0 Å². The van der Waals surface area contributed by atoms with Gasteiger partial charge in [-0.3, -0.25) is 4.79 Å². The predicted molar refractivity (Wildman–Crippen MR) is 42.1 cm³/mol. The maximum absolute atomic E-state index is 10.7. The van der Waals surface area contributed by atoms with Gasteiger partial charge < -0.3 is 20.9 Å². The third-order valence-electron chi connectivity index (χ3n) is 1.19. The molecule has 6 heteroatoms. The van der Waals surface area contributed by atoms with Gasteiger partial charge in [-0.2, -0.15) is 0 Å².